The normalized spacial score (nSPS) is 18.2. The number of nitrogens with zero attached hydrogens (tertiary/aromatic N) is 4. The summed E-state index contributed by atoms with van der Waals surface area (Å²) in [5, 5.41) is 6.61. The second-order valence-electron chi connectivity index (χ2n) is 5.53. The molecule has 1 fully saturated rings. The Kier molecular flexibility index (Phi) is 4.84. The Labute approximate surface area is 134 Å². The van der Waals surface area contributed by atoms with Gasteiger partial charge in [0.05, 0.1) is 29.9 Å². The predicted octanol–water partition coefficient (Wildman–Crippen LogP) is 2.47. The molecular formula is C15H21N5OS. The van der Waals surface area contributed by atoms with Crippen LogP contribution in [0.3, 0.4) is 0 Å². The van der Waals surface area contributed by atoms with Crippen molar-refractivity contribution in [3.8, 4) is 0 Å². The van der Waals surface area contributed by atoms with Crippen LogP contribution in [-0.4, -0.2) is 41.3 Å². The van der Waals surface area contributed by atoms with Crippen LogP contribution in [0.15, 0.2) is 17.8 Å². The summed E-state index contributed by atoms with van der Waals surface area (Å²) in [6, 6.07) is 2.32. The molecule has 0 amide bonds. The third kappa shape index (κ3) is 3.92. The molecule has 2 aromatic heterocycles. The minimum atomic E-state index is 0.336. The molecule has 3 rings (SSSR count). The van der Waals surface area contributed by atoms with Gasteiger partial charge < -0.3 is 15.0 Å². The molecule has 3 heterocycles. The first-order chi connectivity index (χ1) is 10.7. The highest BCUT2D eigenvalue weighted by Crippen LogP contribution is 2.18. The first-order valence-electron chi connectivity index (χ1n) is 7.49. The molecule has 0 aromatic carbocycles. The number of thiazole rings is 1. The number of ether oxygens (including phenoxy) is 1. The van der Waals surface area contributed by atoms with E-state index in [-0.39, 0.29) is 0 Å². The van der Waals surface area contributed by atoms with E-state index in [1.165, 1.54) is 0 Å². The molecule has 1 atom stereocenters. The fraction of sp³-hybridized carbons (Fsp3) is 0.533. The molecule has 2 aromatic rings. The maximum Gasteiger partial charge on any atom is 0.134 e. The number of aromatic nitrogens is 3. The number of rotatable bonds is 5. The standard InChI is InChI=1S/C15H21N5OS/c1-11-18-13(9-22-11)7-20(2)15-6-14(16-10-17-15)19-12-4-3-5-21-8-12/h6,9-10,12H,3-5,7-8H2,1-2H3,(H,16,17,19)/t12-/m1/s1. The summed E-state index contributed by atoms with van der Waals surface area (Å²) in [7, 11) is 2.02. The molecule has 1 N–H and O–H groups in total. The lowest BCUT2D eigenvalue weighted by atomic mass is 10.1. The maximum atomic E-state index is 5.49. The molecule has 0 unspecified atom stereocenters. The monoisotopic (exact) mass is 319 g/mol. The van der Waals surface area contributed by atoms with Crippen LogP contribution in [-0.2, 0) is 11.3 Å². The van der Waals surface area contributed by atoms with Crippen LogP contribution in [0.25, 0.3) is 0 Å². The van der Waals surface area contributed by atoms with E-state index in [9.17, 15) is 0 Å². The van der Waals surface area contributed by atoms with Gasteiger partial charge in [0, 0.05) is 25.1 Å². The van der Waals surface area contributed by atoms with Gasteiger partial charge in [-0.2, -0.15) is 0 Å². The summed E-state index contributed by atoms with van der Waals surface area (Å²) < 4.78 is 5.49. The first-order valence-corrected chi connectivity index (χ1v) is 8.37. The molecule has 118 valence electrons. The summed E-state index contributed by atoms with van der Waals surface area (Å²) in [5.74, 6) is 1.74. The fourth-order valence-electron chi connectivity index (χ4n) is 2.50. The predicted molar refractivity (Wildman–Crippen MR) is 88.5 cm³/mol. The molecule has 0 spiro atoms. The van der Waals surface area contributed by atoms with Crippen LogP contribution in [0.2, 0.25) is 0 Å². The van der Waals surface area contributed by atoms with Crippen LogP contribution in [0.5, 0.6) is 0 Å². The minimum Gasteiger partial charge on any atom is -0.379 e. The smallest absolute Gasteiger partial charge is 0.134 e. The van der Waals surface area contributed by atoms with Crippen molar-refractivity contribution < 1.29 is 4.74 Å². The maximum absolute atomic E-state index is 5.49. The lowest BCUT2D eigenvalue weighted by Crippen LogP contribution is -2.30. The number of anilines is 2. The SMILES string of the molecule is Cc1nc(CN(C)c2cc(N[C@@H]3CCCOC3)ncn2)cs1. The molecule has 22 heavy (non-hydrogen) atoms. The van der Waals surface area contributed by atoms with E-state index in [4.69, 9.17) is 4.74 Å². The van der Waals surface area contributed by atoms with Crippen molar-refractivity contribution in [1.29, 1.82) is 0 Å². The van der Waals surface area contributed by atoms with Gasteiger partial charge in [-0.3, -0.25) is 0 Å². The summed E-state index contributed by atoms with van der Waals surface area (Å²) in [6.45, 7) is 4.37. The molecule has 1 aliphatic heterocycles. The second kappa shape index (κ2) is 7.02. The molecule has 0 radical (unpaired) electrons. The van der Waals surface area contributed by atoms with E-state index in [0.29, 0.717) is 6.04 Å². The molecular weight excluding hydrogens is 298 g/mol. The van der Waals surface area contributed by atoms with Crippen molar-refractivity contribution in [2.75, 3.05) is 30.5 Å². The Bertz CT molecular complexity index is 611. The number of aryl methyl sites for hydroxylation is 1. The van der Waals surface area contributed by atoms with E-state index >= 15 is 0 Å². The molecule has 0 bridgehead atoms. The van der Waals surface area contributed by atoms with Crippen LogP contribution >= 0.6 is 11.3 Å². The third-order valence-electron chi connectivity index (χ3n) is 3.62. The Balaban J connectivity index is 1.64. The average molecular weight is 319 g/mol. The number of nitrogens with one attached hydrogen (secondary N) is 1. The minimum absolute atomic E-state index is 0.336. The van der Waals surface area contributed by atoms with Crippen molar-refractivity contribution in [3.63, 3.8) is 0 Å². The van der Waals surface area contributed by atoms with Gasteiger partial charge in [-0.1, -0.05) is 0 Å². The van der Waals surface area contributed by atoms with E-state index in [1.54, 1.807) is 17.7 Å². The Morgan fingerprint density at radius 3 is 3.09 bits per heavy atom. The van der Waals surface area contributed by atoms with Gasteiger partial charge in [0.1, 0.15) is 18.0 Å². The van der Waals surface area contributed by atoms with Gasteiger partial charge in [-0.05, 0) is 19.8 Å². The Hall–Kier alpha value is -1.73. The molecule has 1 aliphatic rings. The summed E-state index contributed by atoms with van der Waals surface area (Å²) in [5.41, 5.74) is 1.07. The highest BCUT2D eigenvalue weighted by atomic mass is 32.1. The van der Waals surface area contributed by atoms with E-state index in [2.05, 4.69) is 30.5 Å². The Morgan fingerprint density at radius 2 is 2.36 bits per heavy atom. The molecule has 7 heteroatoms. The van der Waals surface area contributed by atoms with Crippen molar-refractivity contribution in [1.82, 2.24) is 15.0 Å². The van der Waals surface area contributed by atoms with E-state index < -0.39 is 0 Å². The number of hydrogen-bond acceptors (Lipinski definition) is 7. The van der Waals surface area contributed by atoms with Crippen LogP contribution in [0.4, 0.5) is 11.6 Å². The lowest BCUT2D eigenvalue weighted by molar-refractivity contribution is 0.0875. The lowest BCUT2D eigenvalue weighted by Gasteiger charge is -2.24. The zero-order chi connectivity index (χ0) is 15.4. The van der Waals surface area contributed by atoms with Crippen LogP contribution < -0.4 is 10.2 Å². The second-order valence-corrected chi connectivity index (χ2v) is 6.60. The molecule has 0 aliphatic carbocycles. The third-order valence-corrected chi connectivity index (χ3v) is 4.44. The van der Waals surface area contributed by atoms with Gasteiger partial charge >= 0.3 is 0 Å². The number of hydrogen-bond donors (Lipinski definition) is 1. The van der Waals surface area contributed by atoms with Crippen molar-refractivity contribution in [3.05, 3.63) is 28.5 Å². The summed E-state index contributed by atoms with van der Waals surface area (Å²) in [4.78, 5) is 15.2. The van der Waals surface area contributed by atoms with Gasteiger partial charge in [0.2, 0.25) is 0 Å². The van der Waals surface area contributed by atoms with Gasteiger partial charge in [-0.25, -0.2) is 15.0 Å². The van der Waals surface area contributed by atoms with Gasteiger partial charge in [-0.15, -0.1) is 11.3 Å². The fourth-order valence-corrected chi connectivity index (χ4v) is 3.11. The summed E-state index contributed by atoms with van der Waals surface area (Å²) in [6.07, 6.45) is 3.82. The average Bonchev–Trinajstić information content (AvgIpc) is 2.93. The van der Waals surface area contributed by atoms with E-state index in [0.717, 1.165) is 54.9 Å². The van der Waals surface area contributed by atoms with Crippen molar-refractivity contribution in [2.24, 2.45) is 0 Å². The Morgan fingerprint density at radius 1 is 1.45 bits per heavy atom. The van der Waals surface area contributed by atoms with Crippen molar-refractivity contribution >= 4 is 23.0 Å². The van der Waals surface area contributed by atoms with Crippen LogP contribution in [0.1, 0.15) is 23.5 Å². The molecule has 1 saturated heterocycles. The van der Waals surface area contributed by atoms with Crippen molar-refractivity contribution in [2.45, 2.75) is 32.4 Å². The largest absolute Gasteiger partial charge is 0.379 e. The quantitative estimate of drug-likeness (QED) is 0.913. The zero-order valence-electron chi connectivity index (χ0n) is 13.0. The van der Waals surface area contributed by atoms with Gasteiger partial charge in [0.15, 0.2) is 0 Å². The summed E-state index contributed by atoms with van der Waals surface area (Å²) >= 11 is 1.67. The molecule has 6 nitrogen and oxygen atoms in total. The van der Waals surface area contributed by atoms with Gasteiger partial charge in [0.25, 0.3) is 0 Å². The topological polar surface area (TPSA) is 63.2 Å². The van der Waals surface area contributed by atoms with Crippen LogP contribution in [0, 0.1) is 6.92 Å². The molecule has 0 saturated carbocycles. The highest BCUT2D eigenvalue weighted by molar-refractivity contribution is 7.09. The first kappa shape index (κ1) is 15.2. The zero-order valence-corrected chi connectivity index (χ0v) is 13.8. The highest BCUT2D eigenvalue weighted by Gasteiger charge is 2.15. The van der Waals surface area contributed by atoms with E-state index in [1.807, 2.05) is 20.0 Å².